The van der Waals surface area contributed by atoms with Crippen LogP contribution >= 0.6 is 22.7 Å². The first kappa shape index (κ1) is 19.7. The molecule has 0 aliphatic rings. The van der Waals surface area contributed by atoms with Crippen molar-refractivity contribution in [3.63, 3.8) is 0 Å². The van der Waals surface area contributed by atoms with E-state index < -0.39 is 5.97 Å². The number of nitrogens with one attached hydrogen (secondary N) is 1. The molecular weight excluding hydrogens is 398 g/mol. The first-order valence-electron chi connectivity index (χ1n) is 8.20. The van der Waals surface area contributed by atoms with Crippen molar-refractivity contribution >= 4 is 45.8 Å². The number of methoxy groups -OCH3 is 1. The lowest BCUT2D eigenvalue weighted by atomic mass is 10.2. The van der Waals surface area contributed by atoms with Gasteiger partial charge in [-0.05, 0) is 30.7 Å². The van der Waals surface area contributed by atoms with Gasteiger partial charge in [0.05, 0.1) is 24.0 Å². The topological polar surface area (TPSA) is 90.4 Å². The van der Waals surface area contributed by atoms with Gasteiger partial charge in [0, 0.05) is 11.5 Å². The second kappa shape index (κ2) is 9.25. The smallest absolute Gasteiger partial charge is 0.349 e. The van der Waals surface area contributed by atoms with Gasteiger partial charge in [-0.1, -0.05) is 23.5 Å². The molecule has 1 amide bonds. The number of ether oxygens (including phenoxy) is 2. The molecule has 2 aromatic heterocycles. The van der Waals surface area contributed by atoms with Crippen molar-refractivity contribution in [3.05, 3.63) is 63.1 Å². The van der Waals surface area contributed by atoms with Crippen molar-refractivity contribution in [2.45, 2.75) is 13.5 Å². The van der Waals surface area contributed by atoms with Gasteiger partial charge in [-0.2, -0.15) is 0 Å². The molecule has 3 aromatic rings. The van der Waals surface area contributed by atoms with Crippen molar-refractivity contribution in [1.29, 1.82) is 0 Å². The van der Waals surface area contributed by atoms with E-state index in [1.165, 1.54) is 19.4 Å². The van der Waals surface area contributed by atoms with E-state index in [1.54, 1.807) is 17.4 Å². The minimum Gasteiger partial charge on any atom is -0.487 e. The summed E-state index contributed by atoms with van der Waals surface area (Å²) in [5, 5.41) is 5.90. The molecule has 0 fully saturated rings. The predicted octanol–water partition coefficient (Wildman–Crippen LogP) is 3.93. The van der Waals surface area contributed by atoms with Gasteiger partial charge in [0.25, 0.3) is 0 Å². The zero-order valence-electron chi connectivity index (χ0n) is 15.2. The second-order valence-corrected chi connectivity index (χ2v) is 7.66. The highest BCUT2D eigenvalue weighted by Crippen LogP contribution is 2.19. The number of benzene rings is 1. The summed E-state index contributed by atoms with van der Waals surface area (Å²) in [5.41, 5.74) is 1.70. The van der Waals surface area contributed by atoms with Crippen LogP contribution in [0, 0.1) is 6.92 Å². The minimum absolute atomic E-state index is 0.321. The summed E-state index contributed by atoms with van der Waals surface area (Å²) in [6.45, 7) is 2.34. The van der Waals surface area contributed by atoms with E-state index >= 15 is 0 Å². The van der Waals surface area contributed by atoms with E-state index in [2.05, 4.69) is 20.0 Å². The third kappa shape index (κ3) is 5.48. The molecular formula is C19H17N3O4S2. The Morgan fingerprint density at radius 2 is 2.18 bits per heavy atom. The number of carbonyl (C=O) groups excluding carboxylic acids is 2. The Labute approximate surface area is 169 Å². The Hall–Kier alpha value is -3.04. The number of aryl methyl sites for hydroxylation is 1. The molecule has 0 aliphatic heterocycles. The Balaban J connectivity index is 1.56. The van der Waals surface area contributed by atoms with Crippen LogP contribution in [0.2, 0.25) is 0 Å². The van der Waals surface area contributed by atoms with Crippen LogP contribution in [-0.4, -0.2) is 29.0 Å². The van der Waals surface area contributed by atoms with Crippen LogP contribution in [0.4, 0.5) is 5.13 Å². The van der Waals surface area contributed by atoms with Crippen LogP contribution in [-0.2, 0) is 16.1 Å². The summed E-state index contributed by atoms with van der Waals surface area (Å²) in [6, 6.07) is 7.40. The molecule has 2 heterocycles. The molecule has 0 saturated heterocycles. The molecule has 0 saturated carbocycles. The van der Waals surface area contributed by atoms with Crippen molar-refractivity contribution in [3.8, 4) is 5.75 Å². The van der Waals surface area contributed by atoms with Crippen molar-refractivity contribution in [2.24, 2.45) is 0 Å². The van der Waals surface area contributed by atoms with Gasteiger partial charge in [0.2, 0.25) is 5.91 Å². The normalized spacial score (nSPS) is 10.8. The minimum atomic E-state index is -0.488. The van der Waals surface area contributed by atoms with Crippen LogP contribution in [0.15, 0.2) is 41.9 Å². The molecule has 144 valence electrons. The SMILES string of the molecule is COC(=O)c1cnc(NC(=O)/C=C/c2cccc(OCc3csc(C)n3)c2)s1. The van der Waals surface area contributed by atoms with Gasteiger partial charge in [-0.25, -0.2) is 14.8 Å². The van der Waals surface area contributed by atoms with Gasteiger partial charge in [-0.3, -0.25) is 10.1 Å². The standard InChI is InChI=1S/C19H17N3O4S2/c1-12-21-14(11-27-12)10-26-15-5-3-4-13(8-15)6-7-17(23)22-19-20-9-16(28-19)18(24)25-2/h3-9,11H,10H2,1-2H3,(H,20,22,23)/b7-6+. The van der Waals surface area contributed by atoms with E-state index in [0.717, 1.165) is 27.6 Å². The lowest BCUT2D eigenvalue weighted by molar-refractivity contribution is -0.111. The highest BCUT2D eigenvalue weighted by molar-refractivity contribution is 7.17. The fourth-order valence-electron chi connectivity index (χ4n) is 2.19. The Kier molecular flexibility index (Phi) is 6.51. The molecule has 3 rings (SSSR count). The van der Waals surface area contributed by atoms with Crippen LogP contribution in [0.1, 0.15) is 25.9 Å². The number of thiazole rings is 2. The van der Waals surface area contributed by atoms with Crippen LogP contribution in [0.5, 0.6) is 5.75 Å². The summed E-state index contributed by atoms with van der Waals surface area (Å²) >= 11 is 2.63. The largest absolute Gasteiger partial charge is 0.487 e. The molecule has 0 aliphatic carbocycles. The number of rotatable bonds is 7. The monoisotopic (exact) mass is 415 g/mol. The van der Waals surface area contributed by atoms with Crippen LogP contribution in [0.3, 0.4) is 0 Å². The maximum atomic E-state index is 12.0. The third-order valence-corrected chi connectivity index (χ3v) is 5.18. The zero-order chi connectivity index (χ0) is 19.9. The number of anilines is 1. The Bertz CT molecular complexity index is 1010. The molecule has 0 spiro atoms. The van der Waals surface area contributed by atoms with Gasteiger partial charge in [-0.15, -0.1) is 11.3 Å². The molecule has 0 bridgehead atoms. The summed E-state index contributed by atoms with van der Waals surface area (Å²) in [5.74, 6) is -0.149. The first-order chi connectivity index (χ1) is 13.5. The molecule has 1 aromatic carbocycles. The van der Waals surface area contributed by atoms with Gasteiger partial charge in [0.1, 0.15) is 17.2 Å². The molecule has 0 radical (unpaired) electrons. The van der Waals surface area contributed by atoms with Crippen LogP contribution in [0.25, 0.3) is 6.08 Å². The van der Waals surface area contributed by atoms with E-state index in [9.17, 15) is 9.59 Å². The maximum Gasteiger partial charge on any atom is 0.349 e. The molecule has 28 heavy (non-hydrogen) atoms. The quantitative estimate of drug-likeness (QED) is 0.465. The first-order valence-corrected chi connectivity index (χ1v) is 9.90. The Morgan fingerprint density at radius 3 is 2.93 bits per heavy atom. The maximum absolute atomic E-state index is 12.0. The average Bonchev–Trinajstić information content (AvgIpc) is 3.33. The fraction of sp³-hybridized carbons (Fsp3) is 0.158. The highest BCUT2D eigenvalue weighted by Gasteiger charge is 2.11. The van der Waals surface area contributed by atoms with E-state index in [0.29, 0.717) is 22.4 Å². The number of esters is 1. The van der Waals surface area contributed by atoms with Gasteiger partial charge < -0.3 is 9.47 Å². The number of nitrogens with zero attached hydrogens (tertiary/aromatic N) is 2. The lowest BCUT2D eigenvalue weighted by Crippen LogP contribution is -2.07. The Morgan fingerprint density at radius 1 is 1.32 bits per heavy atom. The summed E-state index contributed by atoms with van der Waals surface area (Å²) < 4.78 is 10.4. The molecule has 9 heteroatoms. The van der Waals surface area contributed by atoms with Crippen molar-refractivity contribution in [2.75, 3.05) is 12.4 Å². The number of carbonyl (C=O) groups is 2. The van der Waals surface area contributed by atoms with Crippen molar-refractivity contribution in [1.82, 2.24) is 9.97 Å². The predicted molar refractivity (Wildman–Crippen MR) is 109 cm³/mol. The highest BCUT2D eigenvalue weighted by atomic mass is 32.1. The third-order valence-electron chi connectivity index (χ3n) is 3.46. The average molecular weight is 415 g/mol. The van der Waals surface area contributed by atoms with Crippen molar-refractivity contribution < 1.29 is 19.1 Å². The molecule has 0 unspecified atom stereocenters. The van der Waals surface area contributed by atoms with E-state index in [4.69, 9.17) is 4.74 Å². The van der Waals surface area contributed by atoms with Crippen LogP contribution < -0.4 is 10.1 Å². The number of aromatic nitrogens is 2. The molecule has 7 nitrogen and oxygen atoms in total. The lowest BCUT2D eigenvalue weighted by Gasteiger charge is -2.05. The van der Waals surface area contributed by atoms with E-state index in [1.807, 2.05) is 36.6 Å². The number of amides is 1. The summed E-state index contributed by atoms with van der Waals surface area (Å²) in [4.78, 5) is 32.1. The summed E-state index contributed by atoms with van der Waals surface area (Å²) in [6.07, 6.45) is 4.42. The summed E-state index contributed by atoms with van der Waals surface area (Å²) in [7, 11) is 1.29. The number of hydrogen-bond acceptors (Lipinski definition) is 8. The van der Waals surface area contributed by atoms with Gasteiger partial charge >= 0.3 is 5.97 Å². The second-order valence-electron chi connectivity index (χ2n) is 5.56. The van der Waals surface area contributed by atoms with Gasteiger partial charge in [0.15, 0.2) is 5.13 Å². The fourth-order valence-corrected chi connectivity index (χ4v) is 3.52. The van der Waals surface area contributed by atoms with E-state index in [-0.39, 0.29) is 5.91 Å². The number of hydrogen-bond donors (Lipinski definition) is 1. The molecule has 1 N–H and O–H groups in total. The molecule has 0 atom stereocenters. The zero-order valence-corrected chi connectivity index (χ0v) is 16.8.